The summed E-state index contributed by atoms with van der Waals surface area (Å²) in [5, 5.41) is 0.125. The second-order valence-electron chi connectivity index (χ2n) is 2.80. The number of rotatable bonds is 2. The van der Waals surface area contributed by atoms with E-state index in [9.17, 15) is 13.2 Å². The van der Waals surface area contributed by atoms with E-state index in [-0.39, 0.29) is 5.02 Å². The maximum atomic E-state index is 12.2. The fourth-order valence-corrected chi connectivity index (χ4v) is 1.30. The van der Waals surface area contributed by atoms with Gasteiger partial charge in [0.1, 0.15) is 0 Å². The highest BCUT2D eigenvalue weighted by atomic mass is 35.5. The normalized spacial score (nSPS) is 11.4. The van der Waals surface area contributed by atoms with Gasteiger partial charge in [-0.2, -0.15) is 13.2 Å². The minimum atomic E-state index is -4.34. The molecule has 0 aromatic heterocycles. The summed E-state index contributed by atoms with van der Waals surface area (Å²) in [5.41, 5.74) is -0.0787. The molecule has 0 saturated carbocycles. The summed E-state index contributed by atoms with van der Waals surface area (Å²) >= 11 is 5.67. The van der Waals surface area contributed by atoms with Gasteiger partial charge in [-0.1, -0.05) is 23.7 Å². The van der Waals surface area contributed by atoms with E-state index >= 15 is 0 Å². The average Bonchev–Trinajstić information content (AvgIpc) is 2.07. The summed E-state index contributed by atoms with van der Waals surface area (Å²) < 4.78 is 36.6. The van der Waals surface area contributed by atoms with Gasteiger partial charge in [-0.15, -0.1) is 6.58 Å². The minimum Gasteiger partial charge on any atom is -0.166 e. The van der Waals surface area contributed by atoms with Crippen molar-refractivity contribution in [2.24, 2.45) is 0 Å². The molecule has 0 heterocycles. The zero-order chi connectivity index (χ0) is 10.8. The largest absolute Gasteiger partial charge is 0.416 e. The molecule has 0 saturated heterocycles. The van der Waals surface area contributed by atoms with E-state index < -0.39 is 11.7 Å². The monoisotopic (exact) mass is 220 g/mol. The summed E-state index contributed by atoms with van der Waals surface area (Å²) in [6.45, 7) is 3.49. The van der Waals surface area contributed by atoms with Gasteiger partial charge in [0, 0.05) is 5.02 Å². The van der Waals surface area contributed by atoms with E-state index in [2.05, 4.69) is 6.58 Å². The van der Waals surface area contributed by atoms with Gasteiger partial charge in [-0.3, -0.25) is 0 Å². The van der Waals surface area contributed by atoms with Gasteiger partial charge in [0.2, 0.25) is 0 Å². The standard InChI is InChI=1S/C10H8ClF3/c1-2-3-7-4-5-8(6-9(7)11)10(12,13)14/h2,4-6H,1,3H2. The van der Waals surface area contributed by atoms with Crippen molar-refractivity contribution in [3.05, 3.63) is 47.0 Å². The van der Waals surface area contributed by atoms with Crippen molar-refractivity contribution in [3.63, 3.8) is 0 Å². The summed E-state index contributed by atoms with van der Waals surface area (Å²) in [6.07, 6.45) is -2.28. The van der Waals surface area contributed by atoms with Crippen LogP contribution in [0.3, 0.4) is 0 Å². The van der Waals surface area contributed by atoms with E-state index in [1.807, 2.05) is 0 Å². The lowest BCUT2D eigenvalue weighted by molar-refractivity contribution is -0.137. The first-order valence-electron chi connectivity index (χ1n) is 3.91. The quantitative estimate of drug-likeness (QED) is 0.659. The van der Waals surface area contributed by atoms with Gasteiger partial charge in [-0.25, -0.2) is 0 Å². The third kappa shape index (κ3) is 2.51. The zero-order valence-electron chi connectivity index (χ0n) is 7.24. The lowest BCUT2D eigenvalue weighted by Gasteiger charge is -2.08. The highest BCUT2D eigenvalue weighted by Crippen LogP contribution is 2.32. The molecule has 0 amide bonds. The van der Waals surface area contributed by atoms with Crippen molar-refractivity contribution in [1.29, 1.82) is 0 Å². The van der Waals surface area contributed by atoms with E-state index in [4.69, 9.17) is 11.6 Å². The number of hydrogen-bond donors (Lipinski definition) is 0. The lowest BCUT2D eigenvalue weighted by atomic mass is 10.1. The SMILES string of the molecule is C=CCc1ccc(C(F)(F)F)cc1Cl. The molecule has 0 nitrogen and oxygen atoms in total. The number of benzene rings is 1. The molecule has 1 rings (SSSR count). The van der Waals surface area contributed by atoms with Gasteiger partial charge >= 0.3 is 6.18 Å². The average molecular weight is 221 g/mol. The zero-order valence-corrected chi connectivity index (χ0v) is 7.99. The van der Waals surface area contributed by atoms with Gasteiger partial charge < -0.3 is 0 Å². The predicted molar refractivity (Wildman–Crippen MR) is 50.4 cm³/mol. The van der Waals surface area contributed by atoms with Crippen molar-refractivity contribution >= 4 is 11.6 Å². The van der Waals surface area contributed by atoms with Crippen LogP contribution in [0.4, 0.5) is 13.2 Å². The Bertz CT molecular complexity index is 342. The molecule has 0 radical (unpaired) electrons. The Labute approximate surface area is 85.0 Å². The maximum absolute atomic E-state index is 12.2. The number of hydrogen-bond acceptors (Lipinski definition) is 0. The Morgan fingerprint density at radius 3 is 2.43 bits per heavy atom. The summed E-state index contributed by atoms with van der Waals surface area (Å²) in [7, 11) is 0. The van der Waals surface area contributed by atoms with Crippen LogP contribution in [0.2, 0.25) is 5.02 Å². The van der Waals surface area contributed by atoms with E-state index in [1.54, 1.807) is 6.08 Å². The van der Waals surface area contributed by atoms with Crippen LogP contribution < -0.4 is 0 Å². The Hall–Kier alpha value is -0.960. The second-order valence-corrected chi connectivity index (χ2v) is 3.20. The van der Waals surface area contributed by atoms with Crippen LogP contribution in [0.15, 0.2) is 30.9 Å². The minimum absolute atomic E-state index is 0.125. The highest BCUT2D eigenvalue weighted by molar-refractivity contribution is 6.31. The molecule has 0 aliphatic carbocycles. The Morgan fingerprint density at radius 2 is 2.00 bits per heavy atom. The van der Waals surface area contributed by atoms with E-state index in [0.29, 0.717) is 12.0 Å². The number of allylic oxidation sites excluding steroid dienone is 1. The predicted octanol–water partition coefficient (Wildman–Crippen LogP) is 4.09. The van der Waals surface area contributed by atoms with E-state index in [1.165, 1.54) is 6.07 Å². The number of halogens is 4. The van der Waals surface area contributed by atoms with Crippen molar-refractivity contribution in [3.8, 4) is 0 Å². The summed E-state index contributed by atoms with van der Waals surface area (Å²) in [4.78, 5) is 0. The van der Waals surface area contributed by atoms with Crippen LogP contribution in [0.1, 0.15) is 11.1 Å². The molecule has 1 aromatic carbocycles. The molecule has 0 aliphatic heterocycles. The van der Waals surface area contributed by atoms with Crippen LogP contribution in [-0.4, -0.2) is 0 Å². The first-order valence-corrected chi connectivity index (χ1v) is 4.29. The summed E-state index contributed by atoms with van der Waals surface area (Å²) in [6, 6.07) is 3.32. The molecular weight excluding hydrogens is 213 g/mol. The Kier molecular flexibility index (Phi) is 3.21. The molecule has 0 unspecified atom stereocenters. The Balaban J connectivity index is 3.06. The van der Waals surface area contributed by atoms with Crippen molar-refractivity contribution < 1.29 is 13.2 Å². The molecule has 4 heteroatoms. The van der Waals surface area contributed by atoms with Crippen LogP contribution in [0, 0.1) is 0 Å². The van der Waals surface area contributed by atoms with Gasteiger partial charge in [-0.05, 0) is 24.1 Å². The fourth-order valence-electron chi connectivity index (χ4n) is 1.04. The number of alkyl halides is 3. The lowest BCUT2D eigenvalue weighted by Crippen LogP contribution is -2.04. The molecular formula is C10H8ClF3. The first-order chi connectivity index (χ1) is 6.45. The van der Waals surface area contributed by atoms with Crippen LogP contribution >= 0.6 is 11.6 Å². The van der Waals surface area contributed by atoms with Gasteiger partial charge in [0.05, 0.1) is 5.56 Å². The topological polar surface area (TPSA) is 0 Å². The third-order valence-electron chi connectivity index (χ3n) is 1.74. The molecule has 0 aliphatic rings. The maximum Gasteiger partial charge on any atom is 0.416 e. The molecule has 0 fully saturated rings. The Morgan fingerprint density at radius 1 is 1.36 bits per heavy atom. The molecule has 1 aromatic rings. The molecule has 0 N–H and O–H groups in total. The second kappa shape index (κ2) is 4.05. The molecule has 76 valence electrons. The van der Waals surface area contributed by atoms with E-state index in [0.717, 1.165) is 12.1 Å². The summed E-state index contributed by atoms with van der Waals surface area (Å²) in [5.74, 6) is 0. The van der Waals surface area contributed by atoms with Gasteiger partial charge in [0.25, 0.3) is 0 Å². The first kappa shape index (κ1) is 11.1. The highest BCUT2D eigenvalue weighted by Gasteiger charge is 2.30. The third-order valence-corrected chi connectivity index (χ3v) is 2.10. The van der Waals surface area contributed by atoms with Crippen LogP contribution in [-0.2, 0) is 12.6 Å². The van der Waals surface area contributed by atoms with Crippen molar-refractivity contribution in [1.82, 2.24) is 0 Å². The van der Waals surface area contributed by atoms with Crippen molar-refractivity contribution in [2.75, 3.05) is 0 Å². The fraction of sp³-hybridized carbons (Fsp3) is 0.200. The van der Waals surface area contributed by atoms with Crippen molar-refractivity contribution in [2.45, 2.75) is 12.6 Å². The molecule has 0 bridgehead atoms. The molecule has 0 atom stereocenters. The van der Waals surface area contributed by atoms with Crippen LogP contribution in [0.25, 0.3) is 0 Å². The smallest absolute Gasteiger partial charge is 0.166 e. The van der Waals surface area contributed by atoms with Crippen LogP contribution in [0.5, 0.6) is 0 Å². The molecule has 0 spiro atoms. The van der Waals surface area contributed by atoms with Gasteiger partial charge in [0.15, 0.2) is 0 Å². The molecule has 14 heavy (non-hydrogen) atoms.